The summed E-state index contributed by atoms with van der Waals surface area (Å²) in [6.07, 6.45) is 1.86. The van der Waals surface area contributed by atoms with Crippen LogP contribution >= 0.6 is 11.3 Å². The monoisotopic (exact) mass is 366 g/mol. The molecule has 5 heteroatoms. The van der Waals surface area contributed by atoms with E-state index in [1.54, 1.807) is 4.57 Å². The maximum atomic E-state index is 13.2. The molecule has 0 fully saturated rings. The number of nitrogens with one attached hydrogen (secondary N) is 1. The average molecular weight is 366 g/mol. The first-order valence-electron chi connectivity index (χ1n) is 8.73. The normalized spacial score (nSPS) is 12.6. The van der Waals surface area contributed by atoms with E-state index in [9.17, 15) is 4.79 Å². The van der Waals surface area contributed by atoms with Gasteiger partial charge in [-0.05, 0) is 39.3 Å². The molecular weight excluding hydrogens is 351 g/mol. The second-order valence-electron chi connectivity index (χ2n) is 6.59. The number of nitrogens with zero attached hydrogens (tertiary/aromatic N) is 1. The maximum absolute atomic E-state index is 13.2. The summed E-state index contributed by atoms with van der Waals surface area (Å²) < 4.78 is 3.13. The van der Waals surface area contributed by atoms with Crippen LogP contribution in [0.5, 0.6) is 0 Å². The van der Waals surface area contributed by atoms with Crippen molar-refractivity contribution in [2.75, 3.05) is 0 Å². The minimum absolute atomic E-state index is 0.0262. The first-order valence-corrected chi connectivity index (χ1v) is 9.55. The Morgan fingerprint density at radius 3 is 2.52 bits per heavy atom. The number of benzene rings is 2. The van der Waals surface area contributed by atoms with Gasteiger partial charge in [0.1, 0.15) is 13.9 Å². The molecule has 0 amide bonds. The van der Waals surface area contributed by atoms with Gasteiger partial charge in [0, 0.05) is 17.4 Å². The summed E-state index contributed by atoms with van der Waals surface area (Å²) in [5.74, 6) is 0. The number of thiophene rings is 1. The number of aromatic nitrogens is 2. The fourth-order valence-electron chi connectivity index (χ4n) is 3.63. The fraction of sp³-hybridized carbons (Fsp3) is 0.0455. The summed E-state index contributed by atoms with van der Waals surface area (Å²) in [5.41, 5.74) is 3.06. The van der Waals surface area contributed by atoms with Gasteiger partial charge in [0.2, 0.25) is 0 Å². The molecule has 1 unspecified atom stereocenters. The molecule has 0 aliphatic carbocycles. The van der Waals surface area contributed by atoms with Crippen LogP contribution in [0, 0.1) is 0 Å². The topological polar surface area (TPSA) is 37.8 Å². The Kier molecular flexibility index (Phi) is 3.76. The zero-order chi connectivity index (χ0) is 18.4. The lowest BCUT2D eigenvalue weighted by Gasteiger charge is -2.19. The molecular formula is C22H15BN2OS. The van der Waals surface area contributed by atoms with E-state index in [1.165, 1.54) is 11.3 Å². The zero-order valence-electron chi connectivity index (χ0n) is 14.4. The Hall–Kier alpha value is -3.05. The highest BCUT2D eigenvalue weighted by atomic mass is 32.1. The quantitative estimate of drug-likeness (QED) is 0.482. The van der Waals surface area contributed by atoms with Crippen molar-refractivity contribution in [3.05, 3.63) is 101 Å². The molecule has 2 radical (unpaired) electrons. The highest BCUT2D eigenvalue weighted by Gasteiger charge is 2.21. The van der Waals surface area contributed by atoms with E-state index in [4.69, 9.17) is 7.85 Å². The molecule has 1 N–H and O–H groups in total. The molecule has 3 aromatic heterocycles. The lowest BCUT2D eigenvalue weighted by molar-refractivity contribution is 0.644. The third-order valence-electron chi connectivity index (χ3n) is 4.86. The van der Waals surface area contributed by atoms with Crippen LogP contribution in [0.1, 0.15) is 17.3 Å². The van der Waals surface area contributed by atoms with Crippen LogP contribution in [0.25, 0.3) is 21.0 Å². The van der Waals surface area contributed by atoms with E-state index < -0.39 is 0 Å². The molecule has 0 bridgehead atoms. The van der Waals surface area contributed by atoms with Gasteiger partial charge in [0.15, 0.2) is 0 Å². The smallest absolute Gasteiger partial charge is 0.269 e. The van der Waals surface area contributed by atoms with Gasteiger partial charge in [0.25, 0.3) is 5.56 Å². The number of rotatable bonds is 3. The van der Waals surface area contributed by atoms with Crippen LogP contribution in [-0.4, -0.2) is 17.4 Å². The highest BCUT2D eigenvalue weighted by Crippen LogP contribution is 2.29. The Morgan fingerprint density at radius 2 is 1.70 bits per heavy atom. The summed E-state index contributed by atoms with van der Waals surface area (Å²) in [7, 11) is 5.92. The van der Waals surface area contributed by atoms with Crippen molar-refractivity contribution in [3.8, 4) is 0 Å². The van der Waals surface area contributed by atoms with Crippen molar-refractivity contribution in [1.82, 2.24) is 9.55 Å². The third-order valence-corrected chi connectivity index (χ3v) is 5.83. The van der Waals surface area contributed by atoms with Crippen molar-refractivity contribution >= 4 is 44.9 Å². The van der Waals surface area contributed by atoms with Crippen LogP contribution in [-0.2, 0) is 0 Å². The SMILES string of the molecule is [B]c1cc2ccn(C(c3ccccc3)c3cc4ccccc4[nH]3)c(=O)c2s1. The van der Waals surface area contributed by atoms with Crippen LogP contribution in [0.15, 0.2) is 83.8 Å². The number of pyridine rings is 1. The van der Waals surface area contributed by atoms with Crippen molar-refractivity contribution in [2.45, 2.75) is 6.04 Å². The van der Waals surface area contributed by atoms with Crippen LogP contribution in [0.2, 0.25) is 0 Å². The largest absolute Gasteiger partial charge is 0.356 e. The first-order chi connectivity index (χ1) is 13.2. The van der Waals surface area contributed by atoms with Gasteiger partial charge in [-0.3, -0.25) is 4.79 Å². The van der Waals surface area contributed by atoms with E-state index in [-0.39, 0.29) is 11.6 Å². The third kappa shape index (κ3) is 2.71. The molecule has 2 aromatic carbocycles. The second kappa shape index (κ2) is 6.29. The van der Waals surface area contributed by atoms with Gasteiger partial charge in [-0.25, -0.2) is 0 Å². The fourth-order valence-corrected chi connectivity index (χ4v) is 4.49. The van der Waals surface area contributed by atoms with E-state index in [0.29, 0.717) is 9.48 Å². The molecule has 5 aromatic rings. The first kappa shape index (κ1) is 16.2. The van der Waals surface area contributed by atoms with Crippen LogP contribution < -0.4 is 10.3 Å². The van der Waals surface area contributed by atoms with E-state index in [1.807, 2.05) is 54.7 Å². The number of para-hydroxylation sites is 1. The Labute approximate surface area is 161 Å². The lowest BCUT2D eigenvalue weighted by Crippen LogP contribution is -2.25. The zero-order valence-corrected chi connectivity index (χ0v) is 15.2. The molecule has 1 atom stereocenters. The number of hydrogen-bond donors (Lipinski definition) is 1. The molecule has 3 heterocycles. The summed E-state index contributed by atoms with van der Waals surface area (Å²) >= 11 is 1.34. The average Bonchev–Trinajstić information content (AvgIpc) is 3.28. The van der Waals surface area contributed by atoms with Gasteiger partial charge in [-0.2, -0.15) is 0 Å². The predicted molar refractivity (Wildman–Crippen MR) is 113 cm³/mol. The number of aromatic amines is 1. The Morgan fingerprint density at radius 1 is 0.926 bits per heavy atom. The number of fused-ring (bicyclic) bond motifs is 2. The van der Waals surface area contributed by atoms with E-state index >= 15 is 0 Å². The van der Waals surface area contributed by atoms with Gasteiger partial charge < -0.3 is 9.55 Å². The van der Waals surface area contributed by atoms with Crippen LogP contribution in [0.3, 0.4) is 0 Å². The summed E-state index contributed by atoms with van der Waals surface area (Å²) in [6, 6.07) is 23.9. The highest BCUT2D eigenvalue weighted by molar-refractivity contribution is 7.26. The van der Waals surface area contributed by atoms with Gasteiger partial charge >= 0.3 is 0 Å². The summed E-state index contributed by atoms with van der Waals surface area (Å²) in [5, 5.41) is 2.02. The van der Waals surface area contributed by atoms with Crippen molar-refractivity contribution in [3.63, 3.8) is 0 Å². The minimum Gasteiger partial charge on any atom is -0.356 e. The molecule has 3 nitrogen and oxygen atoms in total. The standard InChI is InChI=1S/C22H15BN2OS/c23-19-13-16-10-11-25(22(26)21(16)27-19)20(14-6-2-1-3-7-14)18-12-15-8-4-5-9-17(15)24-18/h1-13,20,24H. The van der Waals surface area contributed by atoms with E-state index in [0.717, 1.165) is 27.5 Å². The molecule has 128 valence electrons. The summed E-state index contributed by atoms with van der Waals surface area (Å²) in [6.45, 7) is 0. The molecule has 0 aliphatic heterocycles. The molecule has 27 heavy (non-hydrogen) atoms. The van der Waals surface area contributed by atoms with Crippen molar-refractivity contribution < 1.29 is 0 Å². The van der Waals surface area contributed by atoms with Crippen LogP contribution in [0.4, 0.5) is 0 Å². The van der Waals surface area contributed by atoms with Crippen molar-refractivity contribution in [1.29, 1.82) is 0 Å². The molecule has 5 rings (SSSR count). The van der Waals surface area contributed by atoms with Gasteiger partial charge in [-0.15, -0.1) is 11.3 Å². The predicted octanol–water partition coefficient (Wildman–Crippen LogP) is 3.98. The minimum atomic E-state index is -0.237. The maximum Gasteiger partial charge on any atom is 0.269 e. The number of hydrogen-bond acceptors (Lipinski definition) is 2. The molecule has 0 aliphatic rings. The van der Waals surface area contributed by atoms with E-state index in [2.05, 4.69) is 29.2 Å². The summed E-state index contributed by atoms with van der Waals surface area (Å²) in [4.78, 5) is 16.7. The Balaban J connectivity index is 1.78. The lowest BCUT2D eigenvalue weighted by atomic mass is 10.0. The van der Waals surface area contributed by atoms with Crippen molar-refractivity contribution in [2.24, 2.45) is 0 Å². The number of H-pyrrole nitrogens is 1. The van der Waals surface area contributed by atoms with Gasteiger partial charge in [0.05, 0.1) is 4.70 Å². The molecule has 0 saturated carbocycles. The van der Waals surface area contributed by atoms with Gasteiger partial charge in [-0.1, -0.05) is 54.6 Å². The Bertz CT molecular complexity index is 1280. The second-order valence-corrected chi connectivity index (χ2v) is 7.67. The molecule has 0 saturated heterocycles. The molecule has 0 spiro atoms.